The van der Waals surface area contributed by atoms with Crippen molar-refractivity contribution in [3.63, 3.8) is 0 Å². The van der Waals surface area contributed by atoms with Gasteiger partial charge in [0, 0.05) is 33.3 Å². The van der Waals surface area contributed by atoms with Gasteiger partial charge < -0.3 is 15.0 Å². The minimum Gasteiger partial charge on any atom is -0.383 e. The molecule has 5 heteroatoms. The molecule has 0 amide bonds. The van der Waals surface area contributed by atoms with E-state index in [-0.39, 0.29) is 0 Å². The Balaban J connectivity index is 2.95. The third-order valence-electron chi connectivity index (χ3n) is 2.65. The summed E-state index contributed by atoms with van der Waals surface area (Å²) in [5.74, 6) is 1.91. The highest BCUT2D eigenvalue weighted by Crippen LogP contribution is 2.23. The second-order valence-electron chi connectivity index (χ2n) is 3.94. The number of anilines is 2. The molecule has 5 nitrogen and oxygen atoms in total. The van der Waals surface area contributed by atoms with Crippen molar-refractivity contribution in [1.82, 2.24) is 9.97 Å². The predicted octanol–water partition coefficient (Wildman–Crippen LogP) is 1.55. The first kappa shape index (κ1) is 13.7. The first-order valence-corrected chi connectivity index (χ1v) is 5.96. The first-order valence-electron chi connectivity index (χ1n) is 5.96. The average molecular weight is 238 g/mol. The SMILES string of the molecule is CCCc1c(NC)ncnc1N(C)CCOC. The van der Waals surface area contributed by atoms with Crippen LogP contribution in [-0.2, 0) is 11.2 Å². The molecule has 0 aromatic carbocycles. The monoisotopic (exact) mass is 238 g/mol. The number of hydrogen-bond acceptors (Lipinski definition) is 5. The fourth-order valence-electron chi connectivity index (χ4n) is 1.76. The minimum absolute atomic E-state index is 0.695. The van der Waals surface area contributed by atoms with E-state index >= 15 is 0 Å². The third kappa shape index (κ3) is 3.56. The van der Waals surface area contributed by atoms with E-state index in [4.69, 9.17) is 4.74 Å². The second kappa shape index (κ2) is 7.06. The summed E-state index contributed by atoms with van der Waals surface area (Å²) in [7, 11) is 5.63. The molecule has 0 aliphatic heterocycles. The van der Waals surface area contributed by atoms with Gasteiger partial charge in [-0.25, -0.2) is 9.97 Å². The van der Waals surface area contributed by atoms with Crippen LogP contribution >= 0.6 is 0 Å². The molecule has 17 heavy (non-hydrogen) atoms. The summed E-state index contributed by atoms with van der Waals surface area (Å²) >= 11 is 0. The highest BCUT2D eigenvalue weighted by molar-refractivity contribution is 5.58. The molecule has 1 aromatic heterocycles. The van der Waals surface area contributed by atoms with Crippen LogP contribution in [0, 0.1) is 0 Å². The van der Waals surface area contributed by atoms with Gasteiger partial charge in [-0.1, -0.05) is 13.3 Å². The number of rotatable bonds is 7. The Bertz CT molecular complexity index is 343. The van der Waals surface area contributed by atoms with Gasteiger partial charge in [-0.15, -0.1) is 0 Å². The van der Waals surface area contributed by atoms with E-state index in [9.17, 15) is 0 Å². The van der Waals surface area contributed by atoms with Crippen molar-refractivity contribution >= 4 is 11.6 Å². The van der Waals surface area contributed by atoms with Gasteiger partial charge >= 0.3 is 0 Å². The highest BCUT2D eigenvalue weighted by Gasteiger charge is 2.13. The van der Waals surface area contributed by atoms with Crippen LogP contribution < -0.4 is 10.2 Å². The van der Waals surface area contributed by atoms with Gasteiger partial charge in [0.1, 0.15) is 18.0 Å². The number of hydrogen-bond donors (Lipinski definition) is 1. The normalized spacial score (nSPS) is 10.4. The summed E-state index contributed by atoms with van der Waals surface area (Å²) < 4.78 is 5.09. The second-order valence-corrected chi connectivity index (χ2v) is 3.94. The molecule has 0 saturated carbocycles. The number of likely N-dealkylation sites (N-methyl/N-ethyl adjacent to an activating group) is 1. The van der Waals surface area contributed by atoms with Crippen molar-refractivity contribution in [1.29, 1.82) is 0 Å². The predicted molar refractivity (Wildman–Crippen MR) is 70.7 cm³/mol. The number of ether oxygens (including phenoxy) is 1. The number of nitrogens with zero attached hydrogens (tertiary/aromatic N) is 3. The Morgan fingerprint density at radius 3 is 2.76 bits per heavy atom. The maximum atomic E-state index is 5.09. The topological polar surface area (TPSA) is 50.3 Å². The molecule has 0 fully saturated rings. The highest BCUT2D eigenvalue weighted by atomic mass is 16.5. The van der Waals surface area contributed by atoms with Crippen molar-refractivity contribution in [3.8, 4) is 0 Å². The summed E-state index contributed by atoms with van der Waals surface area (Å²) in [5, 5.41) is 3.12. The summed E-state index contributed by atoms with van der Waals surface area (Å²) in [6.45, 7) is 3.68. The molecular formula is C12H22N4O. The molecular weight excluding hydrogens is 216 g/mol. The quantitative estimate of drug-likeness (QED) is 0.781. The molecule has 0 spiro atoms. The van der Waals surface area contributed by atoms with Gasteiger partial charge in [0.2, 0.25) is 0 Å². The van der Waals surface area contributed by atoms with Gasteiger partial charge in [-0.2, -0.15) is 0 Å². The van der Waals surface area contributed by atoms with Crippen LogP contribution in [0.5, 0.6) is 0 Å². The lowest BCUT2D eigenvalue weighted by Crippen LogP contribution is -2.25. The number of aromatic nitrogens is 2. The van der Waals surface area contributed by atoms with Crippen LogP contribution in [0.15, 0.2) is 6.33 Å². The van der Waals surface area contributed by atoms with Crippen LogP contribution in [0.2, 0.25) is 0 Å². The summed E-state index contributed by atoms with van der Waals surface area (Å²) in [6, 6.07) is 0. The Hall–Kier alpha value is -1.36. The zero-order valence-electron chi connectivity index (χ0n) is 11.2. The average Bonchev–Trinajstić information content (AvgIpc) is 2.36. The van der Waals surface area contributed by atoms with E-state index in [1.165, 1.54) is 5.56 Å². The van der Waals surface area contributed by atoms with Crippen LogP contribution in [0.25, 0.3) is 0 Å². The lowest BCUT2D eigenvalue weighted by atomic mass is 10.1. The van der Waals surface area contributed by atoms with E-state index in [2.05, 4.69) is 27.1 Å². The van der Waals surface area contributed by atoms with Crippen molar-refractivity contribution in [2.24, 2.45) is 0 Å². The van der Waals surface area contributed by atoms with Crippen LogP contribution in [0.1, 0.15) is 18.9 Å². The van der Waals surface area contributed by atoms with Crippen LogP contribution in [0.3, 0.4) is 0 Å². The molecule has 1 heterocycles. The number of methoxy groups -OCH3 is 1. The maximum Gasteiger partial charge on any atom is 0.137 e. The fourth-order valence-corrected chi connectivity index (χ4v) is 1.76. The Morgan fingerprint density at radius 1 is 1.41 bits per heavy atom. The minimum atomic E-state index is 0.695. The largest absolute Gasteiger partial charge is 0.383 e. The molecule has 0 unspecified atom stereocenters. The van der Waals surface area contributed by atoms with Crippen molar-refractivity contribution in [2.75, 3.05) is 44.6 Å². The van der Waals surface area contributed by atoms with E-state index in [0.717, 1.165) is 31.0 Å². The van der Waals surface area contributed by atoms with E-state index < -0.39 is 0 Å². The van der Waals surface area contributed by atoms with E-state index in [0.29, 0.717) is 6.61 Å². The molecule has 0 atom stereocenters. The molecule has 0 bridgehead atoms. The van der Waals surface area contributed by atoms with Gasteiger partial charge in [0.05, 0.1) is 6.61 Å². The molecule has 1 aromatic rings. The zero-order chi connectivity index (χ0) is 12.7. The third-order valence-corrected chi connectivity index (χ3v) is 2.65. The summed E-state index contributed by atoms with van der Waals surface area (Å²) in [5.41, 5.74) is 1.18. The van der Waals surface area contributed by atoms with E-state index in [1.54, 1.807) is 13.4 Å². The number of nitrogens with one attached hydrogen (secondary N) is 1. The van der Waals surface area contributed by atoms with Gasteiger partial charge in [-0.05, 0) is 6.42 Å². The molecule has 1 N–H and O–H groups in total. The van der Waals surface area contributed by atoms with Crippen molar-refractivity contribution in [3.05, 3.63) is 11.9 Å². The van der Waals surface area contributed by atoms with Gasteiger partial charge in [-0.3, -0.25) is 0 Å². The van der Waals surface area contributed by atoms with Crippen molar-refractivity contribution < 1.29 is 4.74 Å². The standard InChI is InChI=1S/C12H22N4O/c1-5-6-10-11(13-2)14-9-15-12(10)16(3)7-8-17-4/h9H,5-8H2,1-4H3,(H,13,14,15). The fraction of sp³-hybridized carbons (Fsp3) is 0.667. The zero-order valence-corrected chi connectivity index (χ0v) is 11.2. The molecule has 0 saturated heterocycles. The molecule has 96 valence electrons. The smallest absolute Gasteiger partial charge is 0.137 e. The lowest BCUT2D eigenvalue weighted by Gasteiger charge is -2.21. The molecule has 0 radical (unpaired) electrons. The molecule has 0 aliphatic carbocycles. The van der Waals surface area contributed by atoms with E-state index in [1.807, 2.05) is 14.1 Å². The summed E-state index contributed by atoms with van der Waals surface area (Å²) in [4.78, 5) is 10.7. The molecule has 0 aliphatic rings. The lowest BCUT2D eigenvalue weighted by molar-refractivity contribution is 0.206. The van der Waals surface area contributed by atoms with Crippen LogP contribution in [-0.4, -0.2) is 44.3 Å². The van der Waals surface area contributed by atoms with Gasteiger partial charge in [0.25, 0.3) is 0 Å². The van der Waals surface area contributed by atoms with Crippen LogP contribution in [0.4, 0.5) is 11.6 Å². The van der Waals surface area contributed by atoms with Gasteiger partial charge in [0.15, 0.2) is 0 Å². The first-order chi connectivity index (χ1) is 8.24. The Morgan fingerprint density at radius 2 is 2.18 bits per heavy atom. The summed E-state index contributed by atoms with van der Waals surface area (Å²) in [6.07, 6.45) is 3.65. The Kier molecular flexibility index (Phi) is 5.69. The molecule has 1 rings (SSSR count). The Labute approximate surface area is 103 Å². The maximum absolute atomic E-state index is 5.09. The van der Waals surface area contributed by atoms with Crippen molar-refractivity contribution in [2.45, 2.75) is 19.8 Å².